The number of hydrogen-bond donors (Lipinski definition) is 2. The summed E-state index contributed by atoms with van der Waals surface area (Å²) in [6.45, 7) is 0. The van der Waals surface area contributed by atoms with E-state index in [1.807, 2.05) is 18.2 Å². The minimum absolute atomic E-state index is 0.103. The molecule has 2 aromatic carbocycles. The lowest BCUT2D eigenvalue weighted by atomic mass is 10.0. The molecule has 5 nitrogen and oxygen atoms in total. The maximum atomic E-state index is 13.1. The summed E-state index contributed by atoms with van der Waals surface area (Å²) in [6, 6.07) is 11.8. The van der Waals surface area contributed by atoms with Crippen LogP contribution in [0.2, 0.25) is 0 Å². The van der Waals surface area contributed by atoms with Crippen LogP contribution in [0.25, 0.3) is 22.2 Å². The Morgan fingerprint density at radius 3 is 2.70 bits per heavy atom. The Labute approximate surface area is 132 Å². The number of fused-ring (bicyclic) bond motifs is 1. The van der Waals surface area contributed by atoms with E-state index >= 15 is 0 Å². The first-order valence-corrected chi connectivity index (χ1v) is 7.13. The minimum atomic E-state index is -0.428. The average Bonchev–Trinajstić information content (AvgIpc) is 2.96. The Balaban J connectivity index is 2.06. The topological polar surface area (TPSA) is 81.0 Å². The fraction of sp³-hybridized carbons (Fsp3) is 0.176. The number of nitrogens with one attached hydrogen (secondary N) is 1. The number of aromatic amines is 1. The van der Waals surface area contributed by atoms with Crippen LogP contribution in [0, 0.1) is 5.82 Å². The standard InChI is InChI=1S/C17H16FN3O2/c1-23-15(9-16(19)22)11-4-7-14-13(8-11)17(21-20-14)10-2-5-12(18)6-3-10/h2-8,15H,9H2,1H3,(H2,19,22)(H,20,21). The summed E-state index contributed by atoms with van der Waals surface area (Å²) in [4.78, 5) is 11.2. The number of aromatic nitrogens is 2. The molecule has 0 spiro atoms. The number of carbonyl (C=O) groups is 1. The summed E-state index contributed by atoms with van der Waals surface area (Å²) >= 11 is 0. The number of halogens is 1. The second-order valence-electron chi connectivity index (χ2n) is 5.28. The van der Waals surface area contributed by atoms with E-state index < -0.39 is 12.0 Å². The zero-order chi connectivity index (χ0) is 16.4. The van der Waals surface area contributed by atoms with E-state index in [1.54, 1.807) is 12.1 Å². The van der Waals surface area contributed by atoms with Gasteiger partial charge in [0, 0.05) is 18.1 Å². The molecule has 118 valence electrons. The highest BCUT2D eigenvalue weighted by atomic mass is 19.1. The van der Waals surface area contributed by atoms with Crippen molar-refractivity contribution in [2.75, 3.05) is 7.11 Å². The Hall–Kier alpha value is -2.73. The van der Waals surface area contributed by atoms with Crippen LogP contribution in [0.15, 0.2) is 42.5 Å². The summed E-state index contributed by atoms with van der Waals surface area (Å²) in [5.74, 6) is -0.724. The highest BCUT2D eigenvalue weighted by Crippen LogP contribution is 2.30. The number of methoxy groups -OCH3 is 1. The number of primary amides is 1. The van der Waals surface area contributed by atoms with E-state index in [4.69, 9.17) is 10.5 Å². The van der Waals surface area contributed by atoms with Gasteiger partial charge in [-0.25, -0.2) is 4.39 Å². The predicted molar refractivity (Wildman–Crippen MR) is 85.0 cm³/mol. The van der Waals surface area contributed by atoms with Crippen molar-refractivity contribution in [2.45, 2.75) is 12.5 Å². The molecule has 23 heavy (non-hydrogen) atoms. The van der Waals surface area contributed by atoms with Crippen LogP contribution in [0.4, 0.5) is 4.39 Å². The van der Waals surface area contributed by atoms with Gasteiger partial charge in [-0.15, -0.1) is 0 Å². The molecule has 3 rings (SSSR count). The third-order valence-electron chi connectivity index (χ3n) is 3.75. The van der Waals surface area contributed by atoms with Crippen LogP contribution in [0.5, 0.6) is 0 Å². The Bertz CT molecular complexity index is 843. The van der Waals surface area contributed by atoms with Crippen LogP contribution in [-0.4, -0.2) is 23.2 Å². The maximum absolute atomic E-state index is 13.1. The van der Waals surface area contributed by atoms with Gasteiger partial charge in [-0.3, -0.25) is 9.89 Å². The average molecular weight is 313 g/mol. The van der Waals surface area contributed by atoms with Gasteiger partial charge in [-0.2, -0.15) is 5.10 Å². The van der Waals surface area contributed by atoms with Gasteiger partial charge in [0.15, 0.2) is 0 Å². The van der Waals surface area contributed by atoms with Crippen LogP contribution in [0.3, 0.4) is 0 Å². The van der Waals surface area contributed by atoms with Crippen molar-refractivity contribution >= 4 is 16.8 Å². The first kappa shape index (κ1) is 15.2. The third-order valence-corrected chi connectivity index (χ3v) is 3.75. The number of H-pyrrole nitrogens is 1. The molecule has 0 aliphatic rings. The van der Waals surface area contributed by atoms with Crippen LogP contribution in [0.1, 0.15) is 18.1 Å². The Kier molecular flexibility index (Phi) is 4.08. The molecule has 0 saturated heterocycles. The number of nitrogens with zero attached hydrogens (tertiary/aromatic N) is 1. The quantitative estimate of drug-likeness (QED) is 0.760. The number of rotatable bonds is 5. The van der Waals surface area contributed by atoms with E-state index in [9.17, 15) is 9.18 Å². The van der Waals surface area contributed by atoms with E-state index in [-0.39, 0.29) is 12.2 Å². The smallest absolute Gasteiger partial charge is 0.220 e. The molecule has 3 aromatic rings. The number of carbonyl (C=O) groups excluding carboxylic acids is 1. The summed E-state index contributed by atoms with van der Waals surface area (Å²) in [6.07, 6.45) is -0.306. The van der Waals surface area contributed by atoms with Gasteiger partial charge in [-0.1, -0.05) is 6.07 Å². The van der Waals surface area contributed by atoms with Crippen LogP contribution in [-0.2, 0) is 9.53 Å². The minimum Gasteiger partial charge on any atom is -0.376 e. The molecular formula is C17H16FN3O2. The van der Waals surface area contributed by atoms with E-state index in [1.165, 1.54) is 19.2 Å². The van der Waals surface area contributed by atoms with Gasteiger partial charge in [0.1, 0.15) is 5.82 Å². The largest absolute Gasteiger partial charge is 0.376 e. The molecule has 1 amide bonds. The molecule has 1 aromatic heterocycles. The molecule has 1 unspecified atom stereocenters. The Morgan fingerprint density at radius 2 is 2.04 bits per heavy atom. The summed E-state index contributed by atoms with van der Waals surface area (Å²) in [5, 5.41) is 8.13. The third kappa shape index (κ3) is 3.07. The number of benzene rings is 2. The second-order valence-corrected chi connectivity index (χ2v) is 5.28. The zero-order valence-corrected chi connectivity index (χ0v) is 12.5. The molecule has 0 aliphatic carbocycles. The van der Waals surface area contributed by atoms with E-state index in [2.05, 4.69) is 10.2 Å². The molecule has 1 atom stereocenters. The zero-order valence-electron chi connectivity index (χ0n) is 12.5. The van der Waals surface area contributed by atoms with Crippen LogP contribution >= 0.6 is 0 Å². The fourth-order valence-electron chi connectivity index (χ4n) is 2.58. The van der Waals surface area contributed by atoms with Gasteiger partial charge < -0.3 is 10.5 Å². The van der Waals surface area contributed by atoms with Crippen molar-refractivity contribution in [2.24, 2.45) is 5.73 Å². The highest BCUT2D eigenvalue weighted by molar-refractivity contribution is 5.93. The van der Waals surface area contributed by atoms with Crippen molar-refractivity contribution in [3.8, 4) is 11.3 Å². The normalized spacial score (nSPS) is 12.4. The lowest BCUT2D eigenvalue weighted by molar-refractivity contribution is -0.120. The Morgan fingerprint density at radius 1 is 1.30 bits per heavy atom. The van der Waals surface area contributed by atoms with Gasteiger partial charge >= 0.3 is 0 Å². The number of nitrogens with two attached hydrogens (primary N) is 1. The second kappa shape index (κ2) is 6.18. The fourth-order valence-corrected chi connectivity index (χ4v) is 2.58. The molecule has 3 N–H and O–H groups in total. The molecule has 0 radical (unpaired) electrons. The summed E-state index contributed by atoms with van der Waals surface area (Å²) in [7, 11) is 1.54. The summed E-state index contributed by atoms with van der Waals surface area (Å²) in [5.41, 5.74) is 8.47. The molecule has 0 bridgehead atoms. The molecule has 0 aliphatic heterocycles. The van der Waals surface area contributed by atoms with Crippen LogP contribution < -0.4 is 5.73 Å². The van der Waals surface area contributed by atoms with Crippen molar-refractivity contribution in [3.63, 3.8) is 0 Å². The van der Waals surface area contributed by atoms with Crippen molar-refractivity contribution in [1.82, 2.24) is 10.2 Å². The first-order chi connectivity index (χ1) is 11.1. The molecule has 6 heteroatoms. The van der Waals surface area contributed by atoms with Crippen molar-refractivity contribution in [3.05, 3.63) is 53.8 Å². The number of amides is 1. The van der Waals surface area contributed by atoms with Crippen molar-refractivity contribution < 1.29 is 13.9 Å². The van der Waals surface area contributed by atoms with E-state index in [0.29, 0.717) is 0 Å². The predicted octanol–water partition coefficient (Wildman–Crippen LogP) is 2.93. The lowest BCUT2D eigenvalue weighted by Crippen LogP contribution is -2.16. The lowest BCUT2D eigenvalue weighted by Gasteiger charge is -2.14. The van der Waals surface area contributed by atoms with Gasteiger partial charge in [0.05, 0.1) is 23.7 Å². The first-order valence-electron chi connectivity index (χ1n) is 7.13. The number of ether oxygens (including phenoxy) is 1. The monoisotopic (exact) mass is 313 g/mol. The molecular weight excluding hydrogens is 297 g/mol. The molecule has 1 heterocycles. The van der Waals surface area contributed by atoms with Gasteiger partial charge in [0.2, 0.25) is 5.91 Å². The van der Waals surface area contributed by atoms with Gasteiger partial charge in [0.25, 0.3) is 0 Å². The van der Waals surface area contributed by atoms with E-state index in [0.717, 1.165) is 27.7 Å². The molecule has 0 fully saturated rings. The summed E-state index contributed by atoms with van der Waals surface area (Å²) < 4.78 is 18.4. The SMILES string of the molecule is COC(CC(N)=O)c1ccc2[nH]nc(-c3ccc(F)cc3)c2c1. The van der Waals surface area contributed by atoms with Crippen molar-refractivity contribution in [1.29, 1.82) is 0 Å². The highest BCUT2D eigenvalue weighted by Gasteiger charge is 2.16. The molecule has 0 saturated carbocycles. The maximum Gasteiger partial charge on any atom is 0.220 e. The van der Waals surface area contributed by atoms with Gasteiger partial charge in [-0.05, 0) is 42.0 Å². The number of hydrogen-bond acceptors (Lipinski definition) is 3.